The number of nitrogens with zero attached hydrogens (tertiary/aromatic N) is 5. The lowest BCUT2D eigenvalue weighted by Crippen LogP contribution is -2.48. The normalized spacial score (nSPS) is 22.1. The molecule has 0 unspecified atom stereocenters. The van der Waals surface area contributed by atoms with Crippen LogP contribution in [0.3, 0.4) is 0 Å². The molecular formula is C20H23F3N6O3S2. The number of hydrogen-bond acceptors (Lipinski definition) is 10. The molecule has 0 spiro atoms. The lowest BCUT2D eigenvalue weighted by Gasteiger charge is -2.41. The molecule has 184 valence electrons. The van der Waals surface area contributed by atoms with Crippen molar-refractivity contribution in [1.29, 1.82) is 0 Å². The lowest BCUT2D eigenvalue weighted by atomic mass is 9.77. The summed E-state index contributed by atoms with van der Waals surface area (Å²) in [5.74, 6) is 1.75. The molecule has 0 amide bonds. The zero-order valence-corrected chi connectivity index (χ0v) is 19.7. The SMILES string of the molecule is O=[S@@]1COc2nc(N3CCC(c4ncc(SC(F)(F)F)cn4)CC3)nc(NC3(CO)CCC3)c21. The molecule has 2 fully saturated rings. The van der Waals surface area contributed by atoms with Gasteiger partial charge in [-0.05, 0) is 43.9 Å². The maximum absolute atomic E-state index is 12.5. The summed E-state index contributed by atoms with van der Waals surface area (Å²) < 4.78 is 55.6. The fourth-order valence-electron chi connectivity index (χ4n) is 4.35. The first kappa shape index (κ1) is 23.5. The molecule has 0 aromatic carbocycles. The molecule has 2 aromatic rings. The molecule has 34 heavy (non-hydrogen) atoms. The molecule has 1 saturated carbocycles. The zero-order valence-electron chi connectivity index (χ0n) is 18.0. The van der Waals surface area contributed by atoms with Crippen LogP contribution in [-0.4, -0.2) is 65.9 Å². The molecule has 2 aromatic heterocycles. The molecular weight excluding hydrogens is 493 g/mol. The number of hydrogen-bond donors (Lipinski definition) is 2. The largest absolute Gasteiger partial charge is 0.463 e. The van der Waals surface area contributed by atoms with E-state index in [-0.39, 0.29) is 35.1 Å². The predicted molar refractivity (Wildman–Crippen MR) is 119 cm³/mol. The van der Waals surface area contributed by atoms with E-state index in [0.717, 1.165) is 19.3 Å². The van der Waals surface area contributed by atoms with Gasteiger partial charge in [-0.3, -0.25) is 4.21 Å². The summed E-state index contributed by atoms with van der Waals surface area (Å²) in [6.07, 6.45) is 6.39. The Morgan fingerprint density at radius 3 is 2.53 bits per heavy atom. The molecule has 2 aliphatic heterocycles. The van der Waals surface area contributed by atoms with E-state index in [0.29, 0.717) is 54.3 Å². The van der Waals surface area contributed by atoms with Crippen molar-refractivity contribution < 1.29 is 27.2 Å². The van der Waals surface area contributed by atoms with Crippen LogP contribution in [-0.2, 0) is 10.8 Å². The highest BCUT2D eigenvalue weighted by molar-refractivity contribution is 8.00. The minimum atomic E-state index is -4.37. The molecule has 14 heteroatoms. The first-order valence-electron chi connectivity index (χ1n) is 10.9. The third-order valence-corrected chi connectivity index (χ3v) is 8.21. The maximum Gasteiger partial charge on any atom is 0.446 e. The van der Waals surface area contributed by atoms with Crippen molar-refractivity contribution in [1.82, 2.24) is 19.9 Å². The quantitative estimate of drug-likeness (QED) is 0.556. The Morgan fingerprint density at radius 1 is 1.24 bits per heavy atom. The van der Waals surface area contributed by atoms with Gasteiger partial charge >= 0.3 is 5.51 Å². The van der Waals surface area contributed by atoms with Crippen molar-refractivity contribution in [2.75, 3.05) is 35.9 Å². The van der Waals surface area contributed by atoms with E-state index >= 15 is 0 Å². The third-order valence-electron chi connectivity index (χ3n) is 6.37. The predicted octanol–water partition coefficient (Wildman–Crippen LogP) is 3.05. The van der Waals surface area contributed by atoms with E-state index in [1.807, 2.05) is 4.90 Å². The fourth-order valence-corrected chi connectivity index (χ4v) is 5.78. The number of alkyl halides is 3. The minimum absolute atomic E-state index is 0.0181. The molecule has 1 atom stereocenters. The number of aromatic nitrogens is 4. The minimum Gasteiger partial charge on any atom is -0.463 e. The van der Waals surface area contributed by atoms with Gasteiger partial charge in [0.25, 0.3) is 0 Å². The molecule has 1 aliphatic carbocycles. The lowest BCUT2D eigenvalue weighted by molar-refractivity contribution is -0.0328. The number of halogens is 3. The zero-order chi connectivity index (χ0) is 23.9. The van der Waals surface area contributed by atoms with Crippen LogP contribution in [0.5, 0.6) is 5.88 Å². The van der Waals surface area contributed by atoms with Crippen molar-refractivity contribution in [3.63, 3.8) is 0 Å². The van der Waals surface area contributed by atoms with Gasteiger partial charge in [0.1, 0.15) is 21.5 Å². The number of aliphatic hydroxyl groups is 1. The van der Waals surface area contributed by atoms with Crippen LogP contribution >= 0.6 is 11.8 Å². The summed E-state index contributed by atoms with van der Waals surface area (Å²) in [7, 11) is -1.37. The van der Waals surface area contributed by atoms with Gasteiger partial charge in [0.15, 0.2) is 11.8 Å². The first-order chi connectivity index (χ1) is 16.3. The van der Waals surface area contributed by atoms with Gasteiger partial charge in [-0.2, -0.15) is 23.1 Å². The van der Waals surface area contributed by atoms with Crippen molar-refractivity contribution in [2.24, 2.45) is 0 Å². The maximum atomic E-state index is 12.5. The highest BCUT2D eigenvalue weighted by Gasteiger charge is 2.40. The van der Waals surface area contributed by atoms with Gasteiger partial charge < -0.3 is 20.1 Å². The van der Waals surface area contributed by atoms with Gasteiger partial charge in [0.05, 0.1) is 17.0 Å². The Bertz CT molecular complexity index is 1070. The van der Waals surface area contributed by atoms with Crippen LogP contribution < -0.4 is 15.0 Å². The van der Waals surface area contributed by atoms with Gasteiger partial charge in [0.2, 0.25) is 11.8 Å². The van der Waals surface area contributed by atoms with Gasteiger partial charge in [0, 0.05) is 31.4 Å². The van der Waals surface area contributed by atoms with E-state index in [2.05, 4.69) is 25.3 Å². The van der Waals surface area contributed by atoms with Gasteiger partial charge in [-0.1, -0.05) is 0 Å². The summed E-state index contributed by atoms with van der Waals surface area (Å²) >= 11 is -0.229. The number of aliphatic hydroxyl groups excluding tert-OH is 1. The van der Waals surface area contributed by atoms with E-state index in [9.17, 15) is 22.5 Å². The second-order valence-corrected chi connectivity index (χ2v) is 11.1. The van der Waals surface area contributed by atoms with E-state index in [1.54, 1.807) is 0 Å². The van der Waals surface area contributed by atoms with E-state index < -0.39 is 21.8 Å². The Balaban J connectivity index is 1.29. The topological polar surface area (TPSA) is 113 Å². The van der Waals surface area contributed by atoms with Crippen LogP contribution in [0.15, 0.2) is 22.2 Å². The third kappa shape index (κ3) is 4.80. The summed E-state index contributed by atoms with van der Waals surface area (Å²) in [6, 6.07) is 0. The first-order valence-corrected chi connectivity index (χ1v) is 13.0. The Kier molecular flexibility index (Phi) is 6.31. The van der Waals surface area contributed by atoms with Gasteiger partial charge in [-0.25, -0.2) is 9.97 Å². The highest BCUT2D eigenvalue weighted by Crippen LogP contribution is 2.41. The summed E-state index contributed by atoms with van der Waals surface area (Å²) in [5.41, 5.74) is -4.83. The summed E-state index contributed by atoms with van der Waals surface area (Å²) in [4.78, 5) is 19.8. The van der Waals surface area contributed by atoms with Crippen molar-refractivity contribution >= 4 is 34.3 Å². The Morgan fingerprint density at radius 2 is 1.94 bits per heavy atom. The monoisotopic (exact) mass is 516 g/mol. The number of nitrogens with one attached hydrogen (secondary N) is 1. The number of thioether (sulfide) groups is 1. The average molecular weight is 517 g/mol. The number of piperidine rings is 1. The smallest absolute Gasteiger partial charge is 0.446 e. The van der Waals surface area contributed by atoms with Crippen LogP contribution in [0.1, 0.15) is 43.8 Å². The molecule has 9 nitrogen and oxygen atoms in total. The molecule has 3 aliphatic rings. The van der Waals surface area contributed by atoms with E-state index in [4.69, 9.17) is 4.74 Å². The van der Waals surface area contributed by atoms with Crippen LogP contribution in [0, 0.1) is 0 Å². The Labute approximate surface area is 200 Å². The standard InChI is InChI=1S/C20H23F3N6O3S2/c21-20(22,23)33-13-8-24-15(25-9-13)12-2-6-29(7-3-12)18-26-16(28-19(10-30)4-1-5-19)14-17(27-18)32-11-34(14)31/h8-9,12,30H,1-7,10-11H2,(H,26,27,28)/t34-/m1/s1. The summed E-state index contributed by atoms with van der Waals surface area (Å²) in [5, 5.41) is 13.2. The molecule has 5 rings (SSSR count). The number of anilines is 2. The van der Waals surface area contributed by atoms with Crippen molar-refractivity contribution in [3.05, 3.63) is 18.2 Å². The highest BCUT2D eigenvalue weighted by atomic mass is 32.2. The van der Waals surface area contributed by atoms with Crippen LogP contribution in [0.25, 0.3) is 0 Å². The molecule has 0 radical (unpaired) electrons. The number of rotatable bonds is 6. The second kappa shape index (κ2) is 9.11. The second-order valence-electron chi connectivity index (χ2n) is 8.62. The molecule has 4 heterocycles. The Hall–Kier alpha value is -2.19. The van der Waals surface area contributed by atoms with E-state index in [1.165, 1.54) is 12.4 Å². The van der Waals surface area contributed by atoms with Crippen molar-refractivity contribution in [2.45, 2.75) is 58.9 Å². The fraction of sp³-hybridized carbons (Fsp3) is 0.600. The average Bonchev–Trinajstić information content (AvgIpc) is 3.17. The molecule has 1 saturated heterocycles. The van der Waals surface area contributed by atoms with Gasteiger partial charge in [-0.15, -0.1) is 0 Å². The van der Waals surface area contributed by atoms with Crippen LogP contribution in [0.2, 0.25) is 0 Å². The summed E-state index contributed by atoms with van der Waals surface area (Å²) in [6.45, 7) is 1.15. The number of ether oxygens (including phenoxy) is 1. The molecule has 2 N–H and O–H groups in total. The van der Waals surface area contributed by atoms with Crippen LogP contribution in [0.4, 0.5) is 24.9 Å². The number of fused-ring (bicyclic) bond motifs is 1. The molecule has 0 bridgehead atoms. The van der Waals surface area contributed by atoms with Crippen molar-refractivity contribution in [3.8, 4) is 5.88 Å².